The van der Waals surface area contributed by atoms with Gasteiger partial charge in [-0.3, -0.25) is 4.55 Å². The van der Waals surface area contributed by atoms with Crippen molar-refractivity contribution in [2.45, 2.75) is 30.6 Å². The molecular formula is C11H16O4S. The largest absolute Gasteiger partial charge is 0.396 e. The number of unbranched alkanes of at least 4 members (excludes halogenated alkanes) is 2. The Kier molecular flexibility index (Phi) is 4.92. The highest BCUT2D eigenvalue weighted by Crippen LogP contribution is 2.12. The minimum absolute atomic E-state index is 0.0772. The zero-order valence-electron chi connectivity index (χ0n) is 8.96. The third-order valence-electron chi connectivity index (χ3n) is 2.34. The van der Waals surface area contributed by atoms with Crippen molar-refractivity contribution in [2.75, 3.05) is 6.61 Å². The van der Waals surface area contributed by atoms with Crippen molar-refractivity contribution < 1.29 is 18.1 Å². The lowest BCUT2D eigenvalue weighted by Gasteiger charge is -2.02. The van der Waals surface area contributed by atoms with Crippen LogP contribution in [-0.2, 0) is 16.5 Å². The summed E-state index contributed by atoms with van der Waals surface area (Å²) in [6.45, 7) is 0.210. The summed E-state index contributed by atoms with van der Waals surface area (Å²) in [5, 5.41) is 8.59. The third-order valence-corrected chi connectivity index (χ3v) is 3.21. The highest BCUT2D eigenvalue weighted by molar-refractivity contribution is 7.85. The Morgan fingerprint density at radius 2 is 1.62 bits per heavy atom. The van der Waals surface area contributed by atoms with Crippen LogP contribution in [0.25, 0.3) is 0 Å². The molecule has 0 saturated carbocycles. The second-order valence-corrected chi connectivity index (χ2v) is 5.07. The van der Waals surface area contributed by atoms with E-state index in [1.807, 2.05) is 0 Å². The lowest BCUT2D eigenvalue weighted by atomic mass is 10.1. The maximum atomic E-state index is 10.8. The standard InChI is InChI=1S/C11H16O4S/c12-9-3-1-2-4-10-5-7-11(8-6-10)16(13,14)15/h5-8,12H,1-4,9H2,(H,13,14,15). The fourth-order valence-corrected chi connectivity index (χ4v) is 1.93. The monoisotopic (exact) mass is 244 g/mol. The Morgan fingerprint density at radius 1 is 1.00 bits per heavy atom. The number of hydrogen-bond acceptors (Lipinski definition) is 3. The molecule has 5 heteroatoms. The van der Waals surface area contributed by atoms with Gasteiger partial charge in [0.05, 0.1) is 4.90 Å². The Morgan fingerprint density at radius 3 is 2.12 bits per heavy atom. The molecule has 0 atom stereocenters. The number of aryl methyl sites for hydroxylation is 1. The van der Waals surface area contributed by atoms with Crippen LogP contribution in [-0.4, -0.2) is 24.7 Å². The molecule has 0 saturated heterocycles. The predicted octanol–water partition coefficient (Wildman–Crippen LogP) is 1.64. The van der Waals surface area contributed by atoms with E-state index in [0.29, 0.717) is 0 Å². The average Bonchev–Trinajstić information content (AvgIpc) is 2.24. The Balaban J connectivity index is 2.52. The number of aliphatic hydroxyl groups excluding tert-OH is 1. The van der Waals surface area contributed by atoms with Crippen LogP contribution in [0.4, 0.5) is 0 Å². The van der Waals surface area contributed by atoms with Crippen LogP contribution in [0, 0.1) is 0 Å². The number of hydrogen-bond donors (Lipinski definition) is 2. The van der Waals surface area contributed by atoms with Crippen LogP contribution in [0.5, 0.6) is 0 Å². The van der Waals surface area contributed by atoms with Gasteiger partial charge in [0.25, 0.3) is 10.1 Å². The Bertz CT molecular complexity index is 408. The van der Waals surface area contributed by atoms with Crippen LogP contribution in [0.3, 0.4) is 0 Å². The molecule has 90 valence electrons. The van der Waals surface area contributed by atoms with Gasteiger partial charge >= 0.3 is 0 Å². The van der Waals surface area contributed by atoms with Crippen molar-refractivity contribution in [3.8, 4) is 0 Å². The molecule has 2 N–H and O–H groups in total. The molecular weight excluding hydrogens is 228 g/mol. The van der Waals surface area contributed by atoms with E-state index in [0.717, 1.165) is 31.2 Å². The van der Waals surface area contributed by atoms with Crippen LogP contribution < -0.4 is 0 Å². The maximum Gasteiger partial charge on any atom is 0.294 e. The smallest absolute Gasteiger partial charge is 0.294 e. The molecule has 0 aliphatic heterocycles. The topological polar surface area (TPSA) is 74.6 Å². The normalized spacial score (nSPS) is 11.6. The van der Waals surface area contributed by atoms with Gasteiger partial charge in [-0.25, -0.2) is 0 Å². The second kappa shape index (κ2) is 5.98. The number of aliphatic hydroxyl groups is 1. The molecule has 0 amide bonds. The quantitative estimate of drug-likeness (QED) is 0.589. The van der Waals surface area contributed by atoms with Crippen molar-refractivity contribution in [3.63, 3.8) is 0 Å². The van der Waals surface area contributed by atoms with E-state index in [9.17, 15) is 8.42 Å². The van der Waals surface area contributed by atoms with E-state index in [4.69, 9.17) is 9.66 Å². The lowest BCUT2D eigenvalue weighted by Crippen LogP contribution is -1.98. The summed E-state index contributed by atoms with van der Waals surface area (Å²) in [6.07, 6.45) is 3.57. The van der Waals surface area contributed by atoms with Crippen molar-refractivity contribution in [2.24, 2.45) is 0 Å². The van der Waals surface area contributed by atoms with Gasteiger partial charge < -0.3 is 5.11 Å². The molecule has 0 aliphatic rings. The summed E-state index contributed by atoms with van der Waals surface area (Å²) in [7, 11) is -4.08. The first kappa shape index (κ1) is 13.2. The van der Waals surface area contributed by atoms with E-state index in [1.165, 1.54) is 12.1 Å². The fraction of sp³-hybridized carbons (Fsp3) is 0.455. The molecule has 0 heterocycles. The van der Waals surface area contributed by atoms with E-state index < -0.39 is 10.1 Å². The summed E-state index contributed by atoms with van der Waals surface area (Å²) >= 11 is 0. The van der Waals surface area contributed by atoms with E-state index in [-0.39, 0.29) is 11.5 Å². The van der Waals surface area contributed by atoms with Gasteiger partial charge in [-0.2, -0.15) is 8.42 Å². The van der Waals surface area contributed by atoms with Crippen LogP contribution in [0.1, 0.15) is 24.8 Å². The summed E-state index contributed by atoms with van der Waals surface area (Å²) < 4.78 is 30.3. The third kappa shape index (κ3) is 4.30. The molecule has 0 bridgehead atoms. The molecule has 0 unspecified atom stereocenters. The first-order valence-electron chi connectivity index (χ1n) is 5.21. The zero-order valence-corrected chi connectivity index (χ0v) is 9.78. The van der Waals surface area contributed by atoms with Gasteiger partial charge in [0.15, 0.2) is 0 Å². The van der Waals surface area contributed by atoms with Crippen LogP contribution >= 0.6 is 0 Å². The van der Waals surface area contributed by atoms with Gasteiger partial charge in [0.2, 0.25) is 0 Å². The first-order chi connectivity index (χ1) is 7.54. The lowest BCUT2D eigenvalue weighted by molar-refractivity contribution is 0.283. The SMILES string of the molecule is O=S(=O)(O)c1ccc(CCCCCO)cc1. The van der Waals surface area contributed by atoms with Crippen LogP contribution in [0.15, 0.2) is 29.2 Å². The molecule has 0 spiro atoms. The summed E-state index contributed by atoms with van der Waals surface area (Å²) in [4.78, 5) is -0.0772. The predicted molar refractivity (Wildman–Crippen MR) is 60.9 cm³/mol. The molecule has 0 fully saturated rings. The molecule has 1 aromatic carbocycles. The molecule has 1 rings (SSSR count). The zero-order chi connectivity index (χ0) is 12.0. The van der Waals surface area contributed by atoms with Gasteiger partial charge in [-0.1, -0.05) is 18.6 Å². The highest BCUT2D eigenvalue weighted by atomic mass is 32.2. The number of benzene rings is 1. The van der Waals surface area contributed by atoms with E-state index in [1.54, 1.807) is 12.1 Å². The minimum Gasteiger partial charge on any atom is -0.396 e. The number of rotatable bonds is 6. The van der Waals surface area contributed by atoms with E-state index in [2.05, 4.69) is 0 Å². The second-order valence-electron chi connectivity index (χ2n) is 3.65. The fourth-order valence-electron chi connectivity index (χ4n) is 1.45. The summed E-state index contributed by atoms with van der Waals surface area (Å²) in [6, 6.07) is 6.19. The Labute approximate surface area is 95.7 Å². The average molecular weight is 244 g/mol. The molecule has 0 radical (unpaired) electrons. The van der Waals surface area contributed by atoms with Gasteiger partial charge in [0.1, 0.15) is 0 Å². The molecule has 0 aromatic heterocycles. The minimum atomic E-state index is -4.08. The Hall–Kier alpha value is -0.910. The van der Waals surface area contributed by atoms with Crippen molar-refractivity contribution in [1.29, 1.82) is 0 Å². The first-order valence-corrected chi connectivity index (χ1v) is 6.65. The molecule has 16 heavy (non-hydrogen) atoms. The summed E-state index contributed by atoms with van der Waals surface area (Å²) in [5.41, 5.74) is 1.03. The highest BCUT2D eigenvalue weighted by Gasteiger charge is 2.07. The van der Waals surface area contributed by atoms with E-state index >= 15 is 0 Å². The van der Waals surface area contributed by atoms with Gasteiger partial charge in [-0.15, -0.1) is 0 Å². The summed E-state index contributed by atoms with van der Waals surface area (Å²) in [5.74, 6) is 0. The molecule has 0 aliphatic carbocycles. The maximum absolute atomic E-state index is 10.8. The van der Waals surface area contributed by atoms with Crippen molar-refractivity contribution in [3.05, 3.63) is 29.8 Å². The molecule has 1 aromatic rings. The van der Waals surface area contributed by atoms with Crippen LogP contribution in [0.2, 0.25) is 0 Å². The van der Waals surface area contributed by atoms with Gasteiger partial charge in [-0.05, 0) is 37.0 Å². The molecule has 4 nitrogen and oxygen atoms in total. The van der Waals surface area contributed by atoms with Crippen molar-refractivity contribution >= 4 is 10.1 Å². The van der Waals surface area contributed by atoms with Crippen molar-refractivity contribution in [1.82, 2.24) is 0 Å². The van der Waals surface area contributed by atoms with Gasteiger partial charge in [0, 0.05) is 6.61 Å².